The van der Waals surface area contributed by atoms with Crippen LogP contribution in [0.5, 0.6) is 23.0 Å². The van der Waals surface area contributed by atoms with Crippen LogP contribution in [-0.4, -0.2) is 138 Å². The molecule has 16 rings (SSSR count). The van der Waals surface area contributed by atoms with Gasteiger partial charge in [0.15, 0.2) is 23.1 Å². The fraction of sp³-hybridized carbons (Fsp3) is 0.292. The Labute approximate surface area is 728 Å². The normalized spacial score (nSPS) is 17.5. The van der Waals surface area contributed by atoms with Crippen LogP contribution in [0.2, 0.25) is 0 Å². The SMILES string of the molecule is CCOc1ccc([C@H]2c3c(C)nn(C)c3NC(=O)[C@@H]2NC(=O)c2ccc(C)cc2)cc1OC.CCc1ccc([C@H]2c3c(C)nn(C)c3NC(=O)[C@@H]2NC(=O)c2ccc(OC)c(CC)c2)cc1.COc1cccc([C@H]2c3c(C)nn(C)c3NC(=O)[C@@H]2NC(=O)c2cccc(C)c2)c1.Cc1ccc(C(=O)N[C@H]2C(=O)Nc3c(c(C)nn3C)[C@@H]2c2ccc(F)c(F)c2)cc1. The number of carbonyl (C=O) groups is 8. The first-order chi connectivity index (χ1) is 60.3. The van der Waals surface area contributed by atoms with Crippen molar-refractivity contribution >= 4 is 70.5 Å². The predicted octanol–water partition coefficient (Wildman–Crippen LogP) is 13.2. The van der Waals surface area contributed by atoms with Crippen LogP contribution < -0.4 is 61.5 Å². The van der Waals surface area contributed by atoms with Gasteiger partial charge in [-0.3, -0.25) is 57.1 Å². The minimum Gasteiger partial charge on any atom is -0.497 e. The van der Waals surface area contributed by atoms with Gasteiger partial charge in [0.25, 0.3) is 23.6 Å². The van der Waals surface area contributed by atoms with Crippen molar-refractivity contribution in [3.05, 3.63) is 305 Å². The van der Waals surface area contributed by atoms with Gasteiger partial charge in [0.05, 0.1) is 50.7 Å². The molecule has 28 nitrogen and oxygen atoms in total. The molecule has 126 heavy (non-hydrogen) atoms. The maximum atomic E-state index is 14.0. The number of anilines is 4. The summed E-state index contributed by atoms with van der Waals surface area (Å²) in [5.74, 6) is -1.57. The van der Waals surface area contributed by atoms with E-state index in [4.69, 9.17) is 18.9 Å². The summed E-state index contributed by atoms with van der Waals surface area (Å²) in [5, 5.41) is 41.1. The Morgan fingerprint density at radius 3 is 1.13 bits per heavy atom. The second kappa shape index (κ2) is 38.0. The molecule has 8 aromatic carbocycles. The number of hydrogen-bond donors (Lipinski definition) is 8. The van der Waals surface area contributed by atoms with Gasteiger partial charge < -0.3 is 61.5 Å². The standard InChI is InChI=1S/C26H30N4O3.C25H28N4O4.C23H24N4O3.C22H20F2N4O2/c1-6-16-8-10-18(11-9-16)22-21-15(3)29-30(4)24(21)28-26(32)23(22)27-25(31)19-12-13-20(33-5)17(7-2)14-19;1-6-33-18-12-11-17(13-19(18)32-5)21-20-15(3)28-29(4)23(20)27-25(31)22(21)26-24(30)16-9-7-14(2)8-10-16;1-13-7-5-9-16(11-13)22(28)24-20-19(15-8-6-10-17(12-15)30-4)18-14(2)26-27(3)21(18)25-23(20)29;1-11-4-6-13(7-5-11)21(29)25-19-18(14-8-9-15(23)16(24)10-14)17-12(2)27-28(3)20(17)26-22(19)30/h8-14,22-23H,6-7H2,1-5H3,(H,27,31)(H,28,32);7-13,21-22H,6H2,1-5H3,(H,26,30)(H,27,31);5-12,19-20H,1-4H3,(H,24,28)(H,25,29);4-10,18-19H,1-3H3,(H,25,29)(H,26,30)/t22-,23+;21-,22+;19-,20+;18-,19+/m0000/s1. The van der Waals surface area contributed by atoms with E-state index in [1.54, 1.807) is 124 Å². The van der Waals surface area contributed by atoms with E-state index in [1.807, 2.05) is 147 Å². The summed E-state index contributed by atoms with van der Waals surface area (Å²) in [6.45, 7) is 19.8. The predicted molar refractivity (Wildman–Crippen MR) is 474 cm³/mol. The summed E-state index contributed by atoms with van der Waals surface area (Å²) in [6.07, 6.45) is 1.67. The molecule has 8 atom stereocenters. The summed E-state index contributed by atoms with van der Waals surface area (Å²) >= 11 is 0. The zero-order valence-corrected chi connectivity index (χ0v) is 73.2. The first-order valence-corrected chi connectivity index (χ1v) is 41.3. The fourth-order valence-electron chi connectivity index (χ4n) is 16.8. The van der Waals surface area contributed by atoms with Crippen molar-refractivity contribution in [1.29, 1.82) is 0 Å². The Balaban J connectivity index is 0.000000144. The Morgan fingerprint density at radius 2 is 0.738 bits per heavy atom. The zero-order valence-electron chi connectivity index (χ0n) is 73.2. The lowest BCUT2D eigenvalue weighted by Gasteiger charge is -2.33. The number of hydrogen-bond acceptors (Lipinski definition) is 16. The number of halogens is 2. The summed E-state index contributed by atoms with van der Waals surface area (Å²) in [6, 6.07) is 48.2. The van der Waals surface area contributed by atoms with Crippen LogP contribution >= 0.6 is 0 Å². The van der Waals surface area contributed by atoms with Crippen LogP contribution in [0, 0.1) is 60.1 Å². The Kier molecular flexibility index (Phi) is 26.9. The molecule has 652 valence electrons. The number of rotatable bonds is 19. The Bertz CT molecular complexity index is 6170. The molecular formula is C96H102F2N16O12. The highest BCUT2D eigenvalue weighted by Crippen LogP contribution is 2.46. The third-order valence-electron chi connectivity index (χ3n) is 23.1. The second-order valence-electron chi connectivity index (χ2n) is 31.4. The van der Waals surface area contributed by atoms with Crippen LogP contribution in [0.4, 0.5) is 32.1 Å². The molecule has 4 aliphatic rings. The molecule has 0 aliphatic carbocycles. The highest BCUT2D eigenvalue weighted by Gasteiger charge is 2.46. The topological polar surface area (TPSA) is 341 Å². The van der Waals surface area contributed by atoms with Gasteiger partial charge in [-0.25, -0.2) is 8.78 Å². The third-order valence-corrected chi connectivity index (χ3v) is 23.1. The van der Waals surface area contributed by atoms with Crippen molar-refractivity contribution in [2.75, 3.05) is 49.2 Å². The molecule has 0 radical (unpaired) electrons. The summed E-state index contributed by atoms with van der Waals surface area (Å²) in [5.41, 5.74) is 16.5. The lowest BCUT2D eigenvalue weighted by Crippen LogP contribution is -2.50. The van der Waals surface area contributed by atoms with Gasteiger partial charge in [0.1, 0.15) is 58.9 Å². The zero-order chi connectivity index (χ0) is 90.4. The smallest absolute Gasteiger partial charge is 0.251 e. The highest BCUT2D eigenvalue weighted by atomic mass is 19.2. The quantitative estimate of drug-likeness (QED) is 0.0373. The van der Waals surface area contributed by atoms with Crippen LogP contribution in [0.3, 0.4) is 0 Å². The number of aromatic nitrogens is 8. The van der Waals surface area contributed by atoms with Crippen LogP contribution in [0.25, 0.3) is 0 Å². The molecule has 0 bridgehead atoms. The summed E-state index contributed by atoms with van der Waals surface area (Å²) in [4.78, 5) is 105. The highest BCUT2D eigenvalue weighted by molar-refractivity contribution is 6.07. The minimum absolute atomic E-state index is 0.257. The van der Waals surface area contributed by atoms with E-state index in [2.05, 4.69) is 82.0 Å². The maximum absolute atomic E-state index is 14.0. The Hall–Kier alpha value is -14.6. The van der Waals surface area contributed by atoms with Gasteiger partial charge in [-0.2, -0.15) is 20.4 Å². The molecular weight excluding hydrogens is 1610 g/mol. The number of methoxy groups -OCH3 is 3. The van der Waals surface area contributed by atoms with Gasteiger partial charge in [0, 0.05) is 96.4 Å². The number of benzene rings is 8. The molecule has 4 aliphatic heterocycles. The molecule has 0 fully saturated rings. The van der Waals surface area contributed by atoms with Gasteiger partial charge in [-0.05, 0) is 193 Å². The summed E-state index contributed by atoms with van der Waals surface area (Å²) < 4.78 is 56.1. The fourth-order valence-corrected chi connectivity index (χ4v) is 16.8. The van der Waals surface area contributed by atoms with Gasteiger partial charge in [0.2, 0.25) is 23.6 Å². The molecule has 0 saturated heterocycles. The third kappa shape index (κ3) is 18.5. The van der Waals surface area contributed by atoms with E-state index >= 15 is 0 Å². The average Bonchev–Trinajstić information content (AvgIpc) is 1.59. The van der Waals surface area contributed by atoms with E-state index < -0.39 is 65.4 Å². The van der Waals surface area contributed by atoms with Crippen LogP contribution in [0.15, 0.2) is 176 Å². The molecule has 12 aromatic rings. The summed E-state index contributed by atoms with van der Waals surface area (Å²) in [7, 11) is 11.9. The molecule has 4 aromatic heterocycles. The molecule has 30 heteroatoms. The van der Waals surface area contributed by atoms with E-state index in [0.29, 0.717) is 86.2 Å². The van der Waals surface area contributed by atoms with Gasteiger partial charge in [-0.1, -0.05) is 115 Å². The number of aryl methyl sites for hydroxylation is 13. The number of nitrogens with one attached hydrogen (secondary N) is 8. The largest absolute Gasteiger partial charge is 0.497 e. The van der Waals surface area contributed by atoms with E-state index in [0.717, 1.165) is 103 Å². The van der Waals surface area contributed by atoms with Crippen molar-refractivity contribution in [2.24, 2.45) is 28.2 Å². The first-order valence-electron chi connectivity index (χ1n) is 41.3. The Morgan fingerprint density at radius 1 is 0.365 bits per heavy atom. The van der Waals surface area contributed by atoms with Gasteiger partial charge in [-0.15, -0.1) is 0 Å². The lowest BCUT2D eigenvalue weighted by molar-refractivity contribution is -0.119. The van der Waals surface area contributed by atoms with Crippen LogP contribution in [-0.2, 0) is 60.2 Å². The molecule has 0 saturated carbocycles. The molecule has 0 unspecified atom stereocenters. The number of amides is 8. The van der Waals surface area contributed by atoms with E-state index in [-0.39, 0.29) is 41.4 Å². The van der Waals surface area contributed by atoms with Crippen molar-refractivity contribution in [3.8, 4) is 23.0 Å². The molecule has 8 amide bonds. The van der Waals surface area contributed by atoms with E-state index in [1.165, 1.54) is 16.3 Å². The monoisotopic (exact) mass is 1710 g/mol. The van der Waals surface area contributed by atoms with Crippen LogP contribution in [0.1, 0.15) is 181 Å². The second-order valence-corrected chi connectivity index (χ2v) is 31.4. The number of carbonyl (C=O) groups excluding carboxylic acids is 8. The van der Waals surface area contributed by atoms with E-state index in [9.17, 15) is 47.1 Å². The van der Waals surface area contributed by atoms with Crippen molar-refractivity contribution < 1.29 is 66.1 Å². The molecule has 8 N–H and O–H groups in total. The molecule has 8 heterocycles. The number of fused-ring (bicyclic) bond motifs is 4. The van der Waals surface area contributed by atoms with Gasteiger partial charge >= 0.3 is 0 Å². The van der Waals surface area contributed by atoms with Crippen molar-refractivity contribution in [2.45, 2.75) is 130 Å². The lowest BCUT2D eigenvalue weighted by atomic mass is 9.81. The minimum atomic E-state index is -1.03. The number of nitrogens with zero attached hydrogens (tertiary/aromatic N) is 8. The van der Waals surface area contributed by atoms with Crippen molar-refractivity contribution in [3.63, 3.8) is 0 Å². The van der Waals surface area contributed by atoms with Crippen molar-refractivity contribution in [1.82, 2.24) is 60.4 Å². The molecule has 0 spiro atoms. The first kappa shape index (κ1) is 89.2. The average molecular weight is 1710 g/mol. The number of ether oxygens (including phenoxy) is 4. The maximum Gasteiger partial charge on any atom is 0.251 e.